The summed E-state index contributed by atoms with van der Waals surface area (Å²) < 4.78 is 10.4. The normalized spacial score (nSPS) is 17.5. The molecule has 2 heterocycles. The predicted molar refractivity (Wildman–Crippen MR) is 62.6 cm³/mol. The fourth-order valence-corrected chi connectivity index (χ4v) is 1.83. The Labute approximate surface area is 101 Å². The Kier molecular flexibility index (Phi) is 4.90. The average Bonchev–Trinajstić information content (AvgIpc) is 2.83. The number of rotatable bonds is 6. The van der Waals surface area contributed by atoms with Crippen molar-refractivity contribution in [1.29, 1.82) is 0 Å². The highest BCUT2D eigenvalue weighted by atomic mass is 16.5. The summed E-state index contributed by atoms with van der Waals surface area (Å²) in [5, 5.41) is 3.97. The van der Waals surface area contributed by atoms with Crippen molar-refractivity contribution in [2.24, 2.45) is 5.73 Å². The zero-order valence-corrected chi connectivity index (χ0v) is 10.1. The molecule has 6 heteroatoms. The second-order valence-electron chi connectivity index (χ2n) is 4.20. The van der Waals surface area contributed by atoms with Crippen LogP contribution in [0.25, 0.3) is 0 Å². The molecule has 0 aliphatic carbocycles. The smallest absolute Gasteiger partial charge is 0.226 e. The van der Waals surface area contributed by atoms with E-state index in [1.54, 1.807) is 0 Å². The van der Waals surface area contributed by atoms with E-state index >= 15 is 0 Å². The van der Waals surface area contributed by atoms with E-state index in [0.717, 1.165) is 57.9 Å². The Morgan fingerprint density at radius 1 is 1.24 bits per heavy atom. The first-order chi connectivity index (χ1) is 8.38. The van der Waals surface area contributed by atoms with Gasteiger partial charge in [0.1, 0.15) is 0 Å². The minimum absolute atomic E-state index is 0.658. The number of ether oxygens (including phenoxy) is 1. The monoisotopic (exact) mass is 240 g/mol. The Morgan fingerprint density at radius 2 is 2.06 bits per heavy atom. The third-order valence-electron chi connectivity index (χ3n) is 2.86. The van der Waals surface area contributed by atoms with Crippen LogP contribution in [0.1, 0.15) is 18.1 Å². The highest BCUT2D eigenvalue weighted by Gasteiger charge is 2.12. The van der Waals surface area contributed by atoms with Crippen molar-refractivity contribution >= 4 is 0 Å². The maximum atomic E-state index is 5.43. The van der Waals surface area contributed by atoms with Gasteiger partial charge < -0.3 is 15.0 Å². The predicted octanol–water partition coefficient (Wildman–Crippen LogP) is -0.164. The van der Waals surface area contributed by atoms with Gasteiger partial charge in [0.05, 0.1) is 13.2 Å². The summed E-state index contributed by atoms with van der Waals surface area (Å²) in [6.45, 7) is 5.28. The van der Waals surface area contributed by atoms with Gasteiger partial charge in [-0.2, -0.15) is 4.98 Å². The molecule has 1 aromatic heterocycles. The summed E-state index contributed by atoms with van der Waals surface area (Å²) in [5.74, 6) is 1.50. The van der Waals surface area contributed by atoms with Crippen LogP contribution in [0.3, 0.4) is 0 Å². The molecule has 1 aliphatic rings. The lowest BCUT2D eigenvalue weighted by atomic mass is 10.3. The van der Waals surface area contributed by atoms with Crippen molar-refractivity contribution in [3.8, 4) is 0 Å². The number of nitrogens with two attached hydrogens (primary N) is 1. The van der Waals surface area contributed by atoms with Gasteiger partial charge in [-0.05, 0) is 13.0 Å². The molecule has 0 saturated carbocycles. The second-order valence-corrected chi connectivity index (χ2v) is 4.20. The third kappa shape index (κ3) is 4.07. The van der Waals surface area contributed by atoms with Crippen LogP contribution in [0.2, 0.25) is 0 Å². The Bertz CT molecular complexity index is 323. The van der Waals surface area contributed by atoms with Crippen molar-refractivity contribution in [1.82, 2.24) is 15.0 Å². The topological polar surface area (TPSA) is 77.4 Å². The molecule has 0 bridgehead atoms. The summed E-state index contributed by atoms with van der Waals surface area (Å²) in [7, 11) is 0. The first kappa shape index (κ1) is 12.5. The molecule has 17 heavy (non-hydrogen) atoms. The molecule has 6 nitrogen and oxygen atoms in total. The number of aryl methyl sites for hydroxylation is 1. The summed E-state index contributed by atoms with van der Waals surface area (Å²) >= 11 is 0. The zero-order chi connectivity index (χ0) is 11.9. The van der Waals surface area contributed by atoms with Crippen molar-refractivity contribution in [3.05, 3.63) is 11.7 Å². The molecule has 1 aliphatic heterocycles. The van der Waals surface area contributed by atoms with E-state index in [1.807, 2.05) is 0 Å². The summed E-state index contributed by atoms with van der Waals surface area (Å²) in [6, 6.07) is 0. The number of aromatic nitrogens is 2. The Balaban J connectivity index is 1.72. The van der Waals surface area contributed by atoms with E-state index in [1.165, 1.54) is 0 Å². The van der Waals surface area contributed by atoms with E-state index in [4.69, 9.17) is 15.0 Å². The third-order valence-corrected chi connectivity index (χ3v) is 2.86. The second kappa shape index (κ2) is 6.68. The van der Waals surface area contributed by atoms with Gasteiger partial charge in [0, 0.05) is 32.5 Å². The highest BCUT2D eigenvalue weighted by molar-refractivity contribution is 4.87. The fourth-order valence-electron chi connectivity index (χ4n) is 1.83. The SMILES string of the molecule is NCCCc1nc(CCN2CCOCC2)no1. The number of morpholine rings is 1. The van der Waals surface area contributed by atoms with E-state index in [-0.39, 0.29) is 0 Å². The van der Waals surface area contributed by atoms with E-state index in [2.05, 4.69) is 15.0 Å². The van der Waals surface area contributed by atoms with Gasteiger partial charge in [0.15, 0.2) is 5.82 Å². The van der Waals surface area contributed by atoms with Gasteiger partial charge in [-0.1, -0.05) is 5.16 Å². The molecule has 2 rings (SSSR count). The molecule has 96 valence electrons. The molecule has 1 saturated heterocycles. The van der Waals surface area contributed by atoms with Crippen molar-refractivity contribution in [3.63, 3.8) is 0 Å². The van der Waals surface area contributed by atoms with Crippen LogP contribution in [-0.4, -0.2) is 54.4 Å². The molecule has 2 N–H and O–H groups in total. The van der Waals surface area contributed by atoms with Gasteiger partial charge in [-0.3, -0.25) is 4.90 Å². The lowest BCUT2D eigenvalue weighted by Gasteiger charge is -2.25. The minimum Gasteiger partial charge on any atom is -0.379 e. The lowest BCUT2D eigenvalue weighted by Crippen LogP contribution is -2.37. The van der Waals surface area contributed by atoms with Gasteiger partial charge in [-0.25, -0.2) is 0 Å². The number of hydrogen-bond acceptors (Lipinski definition) is 6. The Hall–Kier alpha value is -0.980. The van der Waals surface area contributed by atoms with Crippen molar-refractivity contribution in [2.45, 2.75) is 19.3 Å². The van der Waals surface area contributed by atoms with Crippen LogP contribution in [0.4, 0.5) is 0 Å². The molecular formula is C11H20N4O2. The number of nitrogens with zero attached hydrogens (tertiary/aromatic N) is 3. The summed E-state index contributed by atoms with van der Waals surface area (Å²) in [5.41, 5.74) is 5.43. The largest absolute Gasteiger partial charge is 0.379 e. The quantitative estimate of drug-likeness (QED) is 0.744. The van der Waals surface area contributed by atoms with Gasteiger partial charge in [0.2, 0.25) is 5.89 Å². The van der Waals surface area contributed by atoms with Crippen LogP contribution in [0, 0.1) is 0 Å². The molecule has 0 amide bonds. The summed E-state index contributed by atoms with van der Waals surface area (Å²) in [4.78, 5) is 6.70. The van der Waals surface area contributed by atoms with E-state index < -0.39 is 0 Å². The van der Waals surface area contributed by atoms with E-state index in [9.17, 15) is 0 Å². The van der Waals surface area contributed by atoms with Crippen molar-refractivity contribution < 1.29 is 9.26 Å². The lowest BCUT2D eigenvalue weighted by molar-refractivity contribution is 0.0381. The average molecular weight is 240 g/mol. The number of hydrogen-bond donors (Lipinski definition) is 1. The molecule has 0 spiro atoms. The molecular weight excluding hydrogens is 220 g/mol. The van der Waals surface area contributed by atoms with Crippen LogP contribution < -0.4 is 5.73 Å². The molecule has 1 aromatic rings. The molecule has 0 unspecified atom stereocenters. The zero-order valence-electron chi connectivity index (χ0n) is 10.1. The highest BCUT2D eigenvalue weighted by Crippen LogP contribution is 2.03. The standard InChI is InChI=1S/C11H20N4O2/c12-4-1-2-11-13-10(14-17-11)3-5-15-6-8-16-9-7-15/h1-9,12H2. The molecule has 0 atom stereocenters. The summed E-state index contributed by atoms with van der Waals surface area (Å²) in [6.07, 6.45) is 2.51. The van der Waals surface area contributed by atoms with Crippen LogP contribution >= 0.6 is 0 Å². The van der Waals surface area contributed by atoms with Gasteiger partial charge in [-0.15, -0.1) is 0 Å². The van der Waals surface area contributed by atoms with Gasteiger partial charge >= 0.3 is 0 Å². The van der Waals surface area contributed by atoms with Crippen LogP contribution in [-0.2, 0) is 17.6 Å². The first-order valence-corrected chi connectivity index (χ1v) is 6.20. The first-order valence-electron chi connectivity index (χ1n) is 6.20. The van der Waals surface area contributed by atoms with Crippen molar-refractivity contribution in [2.75, 3.05) is 39.4 Å². The maximum Gasteiger partial charge on any atom is 0.226 e. The van der Waals surface area contributed by atoms with E-state index in [0.29, 0.717) is 12.4 Å². The van der Waals surface area contributed by atoms with Gasteiger partial charge in [0.25, 0.3) is 0 Å². The Morgan fingerprint density at radius 3 is 2.82 bits per heavy atom. The molecule has 0 radical (unpaired) electrons. The molecule has 1 fully saturated rings. The van der Waals surface area contributed by atoms with Crippen LogP contribution in [0.5, 0.6) is 0 Å². The molecule has 0 aromatic carbocycles. The fraction of sp³-hybridized carbons (Fsp3) is 0.818. The minimum atomic E-state index is 0.658. The van der Waals surface area contributed by atoms with Crippen LogP contribution in [0.15, 0.2) is 4.52 Å². The maximum absolute atomic E-state index is 5.43.